The lowest BCUT2D eigenvalue weighted by Gasteiger charge is -2.26. The number of hydrogen-bond donors (Lipinski definition) is 0. The highest BCUT2D eigenvalue weighted by Gasteiger charge is 2.12. The van der Waals surface area contributed by atoms with Gasteiger partial charge < -0.3 is 4.90 Å². The third kappa shape index (κ3) is 2.90. The molecule has 1 atom stereocenters. The van der Waals surface area contributed by atoms with E-state index in [4.69, 9.17) is 0 Å². The first-order valence-electron chi connectivity index (χ1n) is 5.63. The Morgan fingerprint density at radius 1 is 1.24 bits per heavy atom. The zero-order valence-electron chi connectivity index (χ0n) is 10.1. The molecule has 2 aromatic rings. The highest BCUT2D eigenvalue weighted by molar-refractivity contribution is 9.08. The predicted molar refractivity (Wildman–Crippen MR) is 80.2 cm³/mol. The van der Waals surface area contributed by atoms with Crippen LogP contribution in [0.25, 0.3) is 0 Å². The number of hydrogen-bond acceptors (Lipinski definition) is 2. The number of benzene rings is 1. The monoisotopic (exact) mass is 309 g/mol. The van der Waals surface area contributed by atoms with Gasteiger partial charge in [0.25, 0.3) is 0 Å². The smallest absolute Gasteiger partial charge is 0.0603 e. The number of rotatable bonds is 4. The molecule has 0 aliphatic heterocycles. The van der Waals surface area contributed by atoms with Crippen molar-refractivity contribution in [2.24, 2.45) is 0 Å². The molecule has 1 aromatic carbocycles. The molecule has 0 saturated heterocycles. The van der Waals surface area contributed by atoms with E-state index in [1.165, 1.54) is 16.1 Å². The molecule has 1 nitrogen and oxygen atoms in total. The third-order valence-electron chi connectivity index (χ3n) is 3.03. The Bertz CT molecular complexity index is 450. The number of halogens is 1. The fourth-order valence-corrected chi connectivity index (χ4v) is 2.96. The summed E-state index contributed by atoms with van der Waals surface area (Å²) in [6.45, 7) is 2.24. The van der Waals surface area contributed by atoms with E-state index in [1.807, 2.05) is 11.3 Å². The Balaban J connectivity index is 2.16. The highest BCUT2D eigenvalue weighted by Crippen LogP contribution is 2.28. The number of anilines is 1. The molecule has 0 aliphatic carbocycles. The van der Waals surface area contributed by atoms with Gasteiger partial charge in [-0.1, -0.05) is 34.1 Å². The Morgan fingerprint density at radius 2 is 1.94 bits per heavy atom. The van der Waals surface area contributed by atoms with Crippen molar-refractivity contribution in [1.29, 1.82) is 0 Å². The topological polar surface area (TPSA) is 3.24 Å². The maximum atomic E-state index is 3.47. The van der Waals surface area contributed by atoms with Crippen LogP contribution in [0.4, 0.5) is 5.69 Å². The Kier molecular flexibility index (Phi) is 4.24. The van der Waals surface area contributed by atoms with Crippen molar-refractivity contribution >= 4 is 33.0 Å². The molecule has 0 fully saturated rings. The zero-order valence-corrected chi connectivity index (χ0v) is 12.5. The molecule has 0 amide bonds. The van der Waals surface area contributed by atoms with Gasteiger partial charge in [0.05, 0.1) is 6.04 Å². The van der Waals surface area contributed by atoms with Crippen LogP contribution in [0.15, 0.2) is 41.8 Å². The number of thiophene rings is 1. The summed E-state index contributed by atoms with van der Waals surface area (Å²) in [5, 5.41) is 3.05. The molecule has 0 spiro atoms. The number of nitrogens with zero attached hydrogens (tertiary/aromatic N) is 1. The average molecular weight is 310 g/mol. The molecule has 90 valence electrons. The van der Waals surface area contributed by atoms with E-state index >= 15 is 0 Å². The molecule has 0 bridgehead atoms. The summed E-state index contributed by atoms with van der Waals surface area (Å²) in [5.74, 6) is 0. The lowest BCUT2D eigenvalue weighted by molar-refractivity contribution is 0.754. The molecule has 3 heteroatoms. The van der Waals surface area contributed by atoms with Crippen molar-refractivity contribution in [2.75, 3.05) is 11.9 Å². The van der Waals surface area contributed by atoms with Crippen molar-refractivity contribution in [2.45, 2.75) is 18.3 Å². The Morgan fingerprint density at radius 3 is 2.47 bits per heavy atom. The summed E-state index contributed by atoms with van der Waals surface area (Å²) in [7, 11) is 2.15. The largest absolute Gasteiger partial charge is 0.367 e. The van der Waals surface area contributed by atoms with E-state index < -0.39 is 0 Å². The normalized spacial score (nSPS) is 12.4. The van der Waals surface area contributed by atoms with E-state index in [2.05, 4.69) is 76.6 Å². The quantitative estimate of drug-likeness (QED) is 0.730. The minimum Gasteiger partial charge on any atom is -0.367 e. The van der Waals surface area contributed by atoms with Crippen LogP contribution in [0.1, 0.15) is 23.4 Å². The molecule has 1 heterocycles. The van der Waals surface area contributed by atoms with Gasteiger partial charge in [-0.15, -0.1) is 11.3 Å². The molecule has 0 saturated carbocycles. The number of alkyl halides is 1. The van der Waals surface area contributed by atoms with E-state index in [-0.39, 0.29) is 0 Å². The Labute approximate surface area is 115 Å². The van der Waals surface area contributed by atoms with Gasteiger partial charge in [-0.3, -0.25) is 0 Å². The standard InChI is InChI=1S/C14H16BrNS/c1-11(14-4-3-9-17-14)16(2)13-7-5-12(10-15)6-8-13/h3-9,11H,10H2,1-2H3. The van der Waals surface area contributed by atoms with Crippen LogP contribution in [-0.4, -0.2) is 7.05 Å². The zero-order chi connectivity index (χ0) is 12.3. The minimum absolute atomic E-state index is 0.421. The average Bonchev–Trinajstić information content (AvgIpc) is 2.91. The van der Waals surface area contributed by atoms with Gasteiger partial charge in [0.15, 0.2) is 0 Å². The van der Waals surface area contributed by atoms with Gasteiger partial charge in [-0.25, -0.2) is 0 Å². The van der Waals surface area contributed by atoms with Gasteiger partial charge in [-0.05, 0) is 36.1 Å². The molecule has 2 rings (SSSR count). The fourth-order valence-electron chi connectivity index (χ4n) is 1.76. The summed E-state index contributed by atoms with van der Waals surface area (Å²) in [5.41, 5.74) is 2.57. The molecule has 0 aliphatic rings. The summed E-state index contributed by atoms with van der Waals surface area (Å²) in [4.78, 5) is 3.71. The van der Waals surface area contributed by atoms with Gasteiger partial charge in [-0.2, -0.15) is 0 Å². The van der Waals surface area contributed by atoms with E-state index in [1.54, 1.807) is 0 Å². The summed E-state index contributed by atoms with van der Waals surface area (Å²) >= 11 is 5.28. The van der Waals surface area contributed by atoms with E-state index in [9.17, 15) is 0 Å². The highest BCUT2D eigenvalue weighted by atomic mass is 79.9. The van der Waals surface area contributed by atoms with Crippen LogP contribution in [0, 0.1) is 0 Å². The van der Waals surface area contributed by atoms with Crippen molar-refractivity contribution < 1.29 is 0 Å². The molecular weight excluding hydrogens is 294 g/mol. The minimum atomic E-state index is 0.421. The summed E-state index contributed by atoms with van der Waals surface area (Å²) in [6.07, 6.45) is 0. The van der Waals surface area contributed by atoms with Crippen LogP contribution < -0.4 is 4.90 Å². The van der Waals surface area contributed by atoms with Crippen molar-refractivity contribution in [1.82, 2.24) is 0 Å². The van der Waals surface area contributed by atoms with Crippen molar-refractivity contribution in [3.05, 3.63) is 52.2 Å². The van der Waals surface area contributed by atoms with Gasteiger partial charge >= 0.3 is 0 Å². The lowest BCUT2D eigenvalue weighted by Crippen LogP contribution is -2.20. The van der Waals surface area contributed by atoms with Crippen LogP contribution in [0.3, 0.4) is 0 Å². The van der Waals surface area contributed by atoms with Crippen LogP contribution >= 0.6 is 27.3 Å². The van der Waals surface area contributed by atoms with Crippen LogP contribution in [0.2, 0.25) is 0 Å². The predicted octanol–water partition coefficient (Wildman–Crippen LogP) is 4.84. The molecular formula is C14H16BrNS. The first-order chi connectivity index (χ1) is 8.22. The van der Waals surface area contributed by atoms with E-state index in [0.29, 0.717) is 6.04 Å². The van der Waals surface area contributed by atoms with Crippen LogP contribution in [0.5, 0.6) is 0 Å². The summed E-state index contributed by atoms with van der Waals surface area (Å²) < 4.78 is 0. The SMILES string of the molecule is CC(c1cccs1)N(C)c1ccc(CBr)cc1. The van der Waals surface area contributed by atoms with Gasteiger partial charge in [0.2, 0.25) is 0 Å². The maximum Gasteiger partial charge on any atom is 0.0603 e. The second-order valence-electron chi connectivity index (χ2n) is 4.10. The van der Waals surface area contributed by atoms with Gasteiger partial charge in [0.1, 0.15) is 0 Å². The first kappa shape index (κ1) is 12.7. The molecule has 17 heavy (non-hydrogen) atoms. The Hall–Kier alpha value is -0.800. The first-order valence-corrected chi connectivity index (χ1v) is 7.63. The second-order valence-corrected chi connectivity index (χ2v) is 5.64. The molecule has 0 radical (unpaired) electrons. The van der Waals surface area contributed by atoms with Crippen molar-refractivity contribution in [3.63, 3.8) is 0 Å². The van der Waals surface area contributed by atoms with Gasteiger partial charge in [0, 0.05) is 22.9 Å². The summed E-state index contributed by atoms with van der Waals surface area (Å²) in [6, 6.07) is 13.4. The fraction of sp³-hybridized carbons (Fsp3) is 0.286. The molecule has 1 unspecified atom stereocenters. The van der Waals surface area contributed by atoms with E-state index in [0.717, 1.165) is 5.33 Å². The maximum absolute atomic E-state index is 3.47. The second kappa shape index (κ2) is 5.69. The lowest BCUT2D eigenvalue weighted by atomic mass is 10.2. The van der Waals surface area contributed by atoms with Crippen LogP contribution in [-0.2, 0) is 5.33 Å². The molecule has 1 aromatic heterocycles. The third-order valence-corrected chi connectivity index (χ3v) is 4.72. The van der Waals surface area contributed by atoms with Crippen molar-refractivity contribution in [3.8, 4) is 0 Å². The molecule has 0 N–H and O–H groups in total.